The predicted octanol–water partition coefficient (Wildman–Crippen LogP) is 3.03. The van der Waals surface area contributed by atoms with Crippen LogP contribution in [0.3, 0.4) is 0 Å². The van der Waals surface area contributed by atoms with E-state index < -0.39 is 11.9 Å². The number of nitrogens with zero attached hydrogens (tertiary/aromatic N) is 2. The van der Waals surface area contributed by atoms with Crippen LogP contribution in [0.2, 0.25) is 5.02 Å². The van der Waals surface area contributed by atoms with Crippen molar-refractivity contribution in [2.24, 2.45) is 0 Å². The second-order valence-electron chi connectivity index (χ2n) is 4.68. The van der Waals surface area contributed by atoms with Crippen molar-refractivity contribution in [3.8, 4) is 0 Å². The molecule has 0 saturated heterocycles. The Kier molecular flexibility index (Phi) is 3.99. The predicted molar refractivity (Wildman–Crippen MR) is 85.9 cm³/mol. The third-order valence-corrected chi connectivity index (χ3v) is 3.65. The minimum Gasteiger partial charge on any atom is -0.465 e. The van der Waals surface area contributed by atoms with Gasteiger partial charge in [-0.15, -0.1) is 0 Å². The summed E-state index contributed by atoms with van der Waals surface area (Å²) in [5.74, 6) is -1.04. The molecule has 7 heteroatoms. The monoisotopic (exact) mass is 329 g/mol. The number of pyridine rings is 1. The van der Waals surface area contributed by atoms with E-state index >= 15 is 0 Å². The van der Waals surface area contributed by atoms with Crippen LogP contribution in [0.1, 0.15) is 20.8 Å². The first-order valence-electron chi connectivity index (χ1n) is 6.73. The highest BCUT2D eigenvalue weighted by atomic mass is 35.5. The van der Waals surface area contributed by atoms with E-state index in [1.54, 1.807) is 48.7 Å². The Bertz CT molecular complexity index is 904. The van der Waals surface area contributed by atoms with Crippen LogP contribution in [0, 0.1) is 0 Å². The molecule has 0 fully saturated rings. The molecule has 0 spiro atoms. The maximum atomic E-state index is 12.4. The van der Waals surface area contributed by atoms with Crippen molar-refractivity contribution in [1.82, 2.24) is 9.61 Å². The summed E-state index contributed by atoms with van der Waals surface area (Å²) in [6.45, 7) is 0. The summed E-state index contributed by atoms with van der Waals surface area (Å²) < 4.78 is 6.22. The number of para-hydroxylation sites is 1. The van der Waals surface area contributed by atoms with Crippen molar-refractivity contribution in [1.29, 1.82) is 0 Å². The zero-order chi connectivity index (χ0) is 16.4. The maximum absolute atomic E-state index is 12.4. The zero-order valence-corrected chi connectivity index (χ0v) is 12.9. The lowest BCUT2D eigenvalue weighted by molar-refractivity contribution is 0.0602. The second kappa shape index (κ2) is 6.10. The number of hydrogen-bond donors (Lipinski definition) is 1. The first-order chi connectivity index (χ1) is 11.1. The molecule has 1 amide bonds. The van der Waals surface area contributed by atoms with Crippen molar-refractivity contribution in [3.05, 3.63) is 64.9 Å². The largest absolute Gasteiger partial charge is 0.465 e. The minimum absolute atomic E-state index is 0.0811. The number of esters is 1. The van der Waals surface area contributed by atoms with Gasteiger partial charge < -0.3 is 10.1 Å². The number of rotatable bonds is 3. The Morgan fingerprint density at radius 3 is 2.65 bits per heavy atom. The number of fused-ring (bicyclic) bond motifs is 1. The Balaban J connectivity index is 1.96. The lowest BCUT2D eigenvalue weighted by atomic mass is 10.1. The number of carbonyl (C=O) groups excluding carboxylic acids is 2. The Morgan fingerprint density at radius 2 is 1.91 bits per heavy atom. The molecule has 0 saturated carbocycles. The van der Waals surface area contributed by atoms with E-state index in [9.17, 15) is 9.59 Å². The molecule has 3 aromatic rings. The van der Waals surface area contributed by atoms with Gasteiger partial charge in [-0.3, -0.25) is 4.79 Å². The molecule has 0 aliphatic heterocycles. The maximum Gasteiger partial charge on any atom is 0.339 e. The lowest BCUT2D eigenvalue weighted by Crippen LogP contribution is -2.16. The Morgan fingerprint density at radius 1 is 1.17 bits per heavy atom. The summed E-state index contributed by atoms with van der Waals surface area (Å²) in [7, 11) is 1.28. The van der Waals surface area contributed by atoms with Gasteiger partial charge in [-0.2, -0.15) is 5.10 Å². The highest BCUT2D eigenvalue weighted by molar-refractivity contribution is 6.37. The number of ether oxygens (including phenoxy) is 1. The molecule has 0 atom stereocenters. The number of carbonyl (C=O) groups is 2. The number of methoxy groups -OCH3 is 1. The second-order valence-corrected chi connectivity index (χ2v) is 5.06. The number of hydrogen-bond acceptors (Lipinski definition) is 4. The van der Waals surface area contributed by atoms with Gasteiger partial charge in [0, 0.05) is 6.20 Å². The van der Waals surface area contributed by atoms with Crippen LogP contribution in [0.5, 0.6) is 0 Å². The third-order valence-electron chi connectivity index (χ3n) is 3.28. The first kappa shape index (κ1) is 15.1. The van der Waals surface area contributed by atoms with Crippen molar-refractivity contribution < 1.29 is 14.3 Å². The van der Waals surface area contributed by atoms with Crippen LogP contribution < -0.4 is 5.32 Å². The number of nitrogens with one attached hydrogen (secondary N) is 1. The standard InChI is InChI=1S/C16H12ClN3O3/c1-23-16(22)10-6-2-3-7-11(10)18-15(21)14-13(17)12-8-4-5-9-20(12)19-14/h2-9H,1H3,(H,18,21). The van der Waals surface area contributed by atoms with Crippen molar-refractivity contribution in [3.63, 3.8) is 0 Å². The van der Waals surface area contributed by atoms with Crippen LogP contribution in [0.15, 0.2) is 48.7 Å². The number of halogens is 1. The Labute approximate surface area is 136 Å². The van der Waals surface area contributed by atoms with E-state index in [0.29, 0.717) is 11.2 Å². The van der Waals surface area contributed by atoms with Crippen molar-refractivity contribution >= 4 is 34.7 Å². The van der Waals surface area contributed by atoms with Crippen molar-refractivity contribution in [2.75, 3.05) is 12.4 Å². The fourth-order valence-corrected chi connectivity index (χ4v) is 2.45. The highest BCUT2D eigenvalue weighted by Gasteiger charge is 2.20. The minimum atomic E-state index is -0.540. The molecule has 1 N–H and O–H groups in total. The summed E-state index contributed by atoms with van der Waals surface area (Å²) in [6.07, 6.45) is 1.69. The van der Waals surface area contributed by atoms with Crippen LogP contribution in [0.25, 0.3) is 5.52 Å². The van der Waals surface area contributed by atoms with E-state index in [1.165, 1.54) is 11.6 Å². The molecule has 0 aliphatic carbocycles. The molecular formula is C16H12ClN3O3. The van der Waals surface area contributed by atoms with Gasteiger partial charge >= 0.3 is 5.97 Å². The summed E-state index contributed by atoms with van der Waals surface area (Å²) in [4.78, 5) is 24.2. The van der Waals surface area contributed by atoms with Gasteiger partial charge in [0.1, 0.15) is 0 Å². The molecule has 1 aromatic carbocycles. The molecule has 23 heavy (non-hydrogen) atoms. The van der Waals surface area contributed by atoms with Gasteiger partial charge in [-0.25, -0.2) is 9.31 Å². The number of aromatic nitrogens is 2. The quantitative estimate of drug-likeness (QED) is 0.750. The first-order valence-corrected chi connectivity index (χ1v) is 7.11. The van der Waals surface area contributed by atoms with E-state index in [-0.39, 0.29) is 16.3 Å². The molecule has 0 radical (unpaired) electrons. The fourth-order valence-electron chi connectivity index (χ4n) is 2.18. The molecule has 2 heterocycles. The molecular weight excluding hydrogens is 318 g/mol. The van der Waals surface area contributed by atoms with E-state index in [1.807, 2.05) is 0 Å². The van der Waals surface area contributed by atoms with Crippen LogP contribution in [-0.2, 0) is 4.74 Å². The average Bonchev–Trinajstić information content (AvgIpc) is 2.92. The molecule has 0 aliphatic rings. The molecule has 6 nitrogen and oxygen atoms in total. The van der Waals surface area contributed by atoms with Gasteiger partial charge in [-0.1, -0.05) is 29.8 Å². The van der Waals surface area contributed by atoms with Gasteiger partial charge in [0.05, 0.1) is 28.9 Å². The Hall–Kier alpha value is -2.86. The van der Waals surface area contributed by atoms with E-state index in [2.05, 4.69) is 10.4 Å². The smallest absolute Gasteiger partial charge is 0.339 e. The van der Waals surface area contributed by atoms with Gasteiger partial charge in [-0.05, 0) is 24.3 Å². The summed E-state index contributed by atoms with van der Waals surface area (Å²) >= 11 is 6.21. The van der Waals surface area contributed by atoms with Gasteiger partial charge in [0.2, 0.25) is 0 Å². The fraction of sp³-hybridized carbons (Fsp3) is 0.0625. The molecule has 3 rings (SSSR count). The summed E-state index contributed by atoms with van der Waals surface area (Å²) in [5.41, 5.74) is 1.29. The van der Waals surface area contributed by atoms with Gasteiger partial charge in [0.15, 0.2) is 5.69 Å². The average molecular weight is 330 g/mol. The SMILES string of the molecule is COC(=O)c1ccccc1NC(=O)c1nn2ccccc2c1Cl. The molecule has 116 valence electrons. The normalized spacial score (nSPS) is 10.5. The highest BCUT2D eigenvalue weighted by Crippen LogP contribution is 2.23. The van der Waals surface area contributed by atoms with Crippen molar-refractivity contribution in [2.45, 2.75) is 0 Å². The molecule has 0 unspecified atom stereocenters. The molecule has 0 bridgehead atoms. The van der Waals surface area contributed by atoms with Gasteiger partial charge in [0.25, 0.3) is 5.91 Å². The molecule has 2 aromatic heterocycles. The zero-order valence-electron chi connectivity index (χ0n) is 12.1. The number of amides is 1. The van der Waals surface area contributed by atoms with Crippen LogP contribution in [0.4, 0.5) is 5.69 Å². The van der Waals surface area contributed by atoms with Crippen LogP contribution in [-0.4, -0.2) is 28.6 Å². The van der Waals surface area contributed by atoms with E-state index in [4.69, 9.17) is 16.3 Å². The number of benzene rings is 1. The topological polar surface area (TPSA) is 72.7 Å². The van der Waals surface area contributed by atoms with E-state index in [0.717, 1.165) is 0 Å². The lowest BCUT2D eigenvalue weighted by Gasteiger charge is -2.08. The van der Waals surface area contributed by atoms with Crippen LogP contribution >= 0.6 is 11.6 Å². The summed E-state index contributed by atoms with van der Waals surface area (Å²) in [5, 5.41) is 7.05. The summed E-state index contributed by atoms with van der Waals surface area (Å²) in [6, 6.07) is 11.9. The number of anilines is 1. The third kappa shape index (κ3) is 2.76.